The summed E-state index contributed by atoms with van der Waals surface area (Å²) in [5, 5.41) is 5.48. The van der Waals surface area contributed by atoms with Gasteiger partial charge in [0.15, 0.2) is 0 Å². The summed E-state index contributed by atoms with van der Waals surface area (Å²) in [4.78, 5) is 26.7. The van der Waals surface area contributed by atoms with E-state index in [0.29, 0.717) is 18.7 Å². The number of alkyl halides is 3. The Labute approximate surface area is 153 Å². The van der Waals surface area contributed by atoms with E-state index in [2.05, 4.69) is 10.6 Å². The summed E-state index contributed by atoms with van der Waals surface area (Å²) in [7, 11) is 0. The van der Waals surface area contributed by atoms with Crippen LogP contribution in [0.1, 0.15) is 22.3 Å². The lowest BCUT2D eigenvalue weighted by atomic mass is 10.1. The molecular formula is C19H16F3N3O2. The fourth-order valence-electron chi connectivity index (χ4n) is 3.69. The number of carbonyl (C=O) groups is 2. The van der Waals surface area contributed by atoms with Crippen molar-refractivity contribution in [2.45, 2.75) is 24.7 Å². The van der Waals surface area contributed by atoms with Crippen molar-refractivity contribution >= 4 is 23.2 Å². The van der Waals surface area contributed by atoms with Crippen molar-refractivity contribution in [2.75, 3.05) is 16.8 Å². The van der Waals surface area contributed by atoms with E-state index in [1.807, 2.05) is 23.1 Å². The first-order valence-corrected chi connectivity index (χ1v) is 8.48. The van der Waals surface area contributed by atoms with Crippen LogP contribution in [-0.4, -0.2) is 30.4 Å². The number of rotatable bonds is 2. The molecule has 0 bridgehead atoms. The topological polar surface area (TPSA) is 61.4 Å². The lowest BCUT2D eigenvalue weighted by Crippen LogP contribution is -2.44. The van der Waals surface area contributed by atoms with Crippen LogP contribution in [0.2, 0.25) is 0 Å². The Balaban J connectivity index is 1.55. The van der Waals surface area contributed by atoms with Crippen molar-refractivity contribution in [3.63, 3.8) is 0 Å². The van der Waals surface area contributed by atoms with Gasteiger partial charge in [0.25, 0.3) is 5.91 Å². The predicted octanol–water partition coefficient (Wildman–Crippen LogP) is 3.03. The minimum Gasteiger partial charge on any atom is -0.356 e. The van der Waals surface area contributed by atoms with Crippen LogP contribution >= 0.6 is 0 Å². The maximum absolute atomic E-state index is 13.1. The van der Waals surface area contributed by atoms with Gasteiger partial charge in [0, 0.05) is 12.6 Å². The van der Waals surface area contributed by atoms with Gasteiger partial charge in [0.2, 0.25) is 5.91 Å². The van der Waals surface area contributed by atoms with Crippen LogP contribution in [0.3, 0.4) is 0 Å². The third-order valence-electron chi connectivity index (χ3n) is 4.89. The second-order valence-electron chi connectivity index (χ2n) is 6.62. The van der Waals surface area contributed by atoms with Gasteiger partial charge >= 0.3 is 6.18 Å². The molecule has 5 nitrogen and oxygen atoms in total. The molecule has 27 heavy (non-hydrogen) atoms. The smallest absolute Gasteiger partial charge is 0.356 e. The molecule has 140 valence electrons. The normalized spacial score (nSPS) is 21.3. The van der Waals surface area contributed by atoms with Gasteiger partial charge in [-0.1, -0.05) is 24.3 Å². The number of benzene rings is 2. The van der Waals surface area contributed by atoms with Crippen molar-refractivity contribution in [3.05, 3.63) is 59.7 Å². The zero-order valence-electron chi connectivity index (χ0n) is 14.1. The molecule has 0 spiro atoms. The van der Waals surface area contributed by atoms with E-state index < -0.39 is 35.3 Å². The Morgan fingerprint density at radius 2 is 1.81 bits per heavy atom. The first kappa shape index (κ1) is 17.4. The van der Waals surface area contributed by atoms with Gasteiger partial charge in [-0.25, -0.2) is 0 Å². The molecule has 0 aromatic heterocycles. The molecule has 0 saturated carbocycles. The van der Waals surface area contributed by atoms with Crippen molar-refractivity contribution in [1.82, 2.24) is 5.32 Å². The highest BCUT2D eigenvalue weighted by atomic mass is 19.4. The summed E-state index contributed by atoms with van der Waals surface area (Å²) in [5.41, 5.74) is 0.142. The molecule has 2 aromatic carbocycles. The van der Waals surface area contributed by atoms with Crippen LogP contribution in [0.4, 0.5) is 24.5 Å². The van der Waals surface area contributed by atoms with E-state index in [1.165, 1.54) is 12.1 Å². The van der Waals surface area contributed by atoms with E-state index in [0.717, 1.165) is 17.8 Å². The molecule has 2 amide bonds. The van der Waals surface area contributed by atoms with Gasteiger partial charge < -0.3 is 15.5 Å². The van der Waals surface area contributed by atoms with E-state index in [4.69, 9.17) is 0 Å². The van der Waals surface area contributed by atoms with E-state index >= 15 is 0 Å². The van der Waals surface area contributed by atoms with Crippen LogP contribution in [-0.2, 0) is 11.0 Å². The summed E-state index contributed by atoms with van der Waals surface area (Å²) in [5.74, 6) is -0.970. The molecule has 0 radical (unpaired) electrons. The van der Waals surface area contributed by atoms with Crippen LogP contribution in [0.25, 0.3) is 0 Å². The van der Waals surface area contributed by atoms with Crippen molar-refractivity contribution in [3.8, 4) is 0 Å². The monoisotopic (exact) mass is 375 g/mol. The van der Waals surface area contributed by atoms with Gasteiger partial charge in [0.05, 0.1) is 22.5 Å². The van der Waals surface area contributed by atoms with Gasteiger partial charge in [-0.3, -0.25) is 9.59 Å². The third kappa shape index (κ3) is 3.11. The summed E-state index contributed by atoms with van der Waals surface area (Å²) in [6.45, 7) is 0.356. The molecule has 8 heteroatoms. The number of hydrogen-bond donors (Lipinski definition) is 2. The van der Waals surface area contributed by atoms with Crippen molar-refractivity contribution < 1.29 is 22.8 Å². The molecule has 2 N–H and O–H groups in total. The van der Waals surface area contributed by atoms with Gasteiger partial charge in [-0.05, 0) is 30.7 Å². The standard InChI is InChI=1S/C19H16F3N3O2/c20-19(21,22)13-6-2-1-5-12(13)17(26)23-11-9-16-18(27)24-14-7-3-4-8-15(14)25(16)10-11/h1-8,11,16H,9-10H2,(H,23,26)(H,24,27)/t11-,16-/m0/s1. The highest BCUT2D eigenvalue weighted by Gasteiger charge is 2.42. The highest BCUT2D eigenvalue weighted by molar-refractivity contribution is 6.04. The Bertz CT molecular complexity index is 913. The van der Waals surface area contributed by atoms with Gasteiger partial charge in [-0.15, -0.1) is 0 Å². The van der Waals surface area contributed by atoms with Crippen molar-refractivity contribution in [1.29, 1.82) is 0 Å². The lowest BCUT2D eigenvalue weighted by molar-refractivity contribution is -0.138. The SMILES string of the molecule is O=C(N[C@H]1C[C@H]2C(=O)Nc3ccccc3N2C1)c1ccccc1C(F)(F)F. The maximum Gasteiger partial charge on any atom is 0.417 e. The molecule has 1 fully saturated rings. The number of nitrogens with one attached hydrogen (secondary N) is 2. The molecular weight excluding hydrogens is 359 g/mol. The Morgan fingerprint density at radius 3 is 2.59 bits per heavy atom. The first-order chi connectivity index (χ1) is 12.8. The Hall–Kier alpha value is -3.03. The minimum atomic E-state index is -4.61. The van der Waals surface area contributed by atoms with E-state index in [1.54, 1.807) is 6.07 Å². The summed E-state index contributed by atoms with van der Waals surface area (Å²) >= 11 is 0. The molecule has 2 aliphatic heterocycles. The third-order valence-corrected chi connectivity index (χ3v) is 4.89. The molecule has 1 saturated heterocycles. The fraction of sp³-hybridized carbons (Fsp3) is 0.263. The maximum atomic E-state index is 13.1. The second kappa shape index (κ2) is 6.29. The van der Waals surface area contributed by atoms with Crippen LogP contribution < -0.4 is 15.5 Å². The number of fused-ring (bicyclic) bond motifs is 3. The second-order valence-corrected chi connectivity index (χ2v) is 6.62. The molecule has 0 aliphatic carbocycles. The number of para-hydroxylation sites is 2. The molecule has 2 aromatic rings. The highest BCUT2D eigenvalue weighted by Crippen LogP contribution is 2.37. The average Bonchev–Trinajstić information content (AvgIpc) is 3.06. The van der Waals surface area contributed by atoms with Gasteiger partial charge in [0.1, 0.15) is 6.04 Å². The number of amides is 2. The quantitative estimate of drug-likeness (QED) is 0.848. The van der Waals surface area contributed by atoms with Crippen LogP contribution in [0.15, 0.2) is 48.5 Å². The number of halogens is 3. The summed E-state index contributed by atoms with van der Waals surface area (Å²) in [6, 6.07) is 11.1. The van der Waals surface area contributed by atoms with Crippen LogP contribution in [0.5, 0.6) is 0 Å². The lowest BCUT2D eigenvalue weighted by Gasteiger charge is -2.32. The Morgan fingerprint density at radius 1 is 1.11 bits per heavy atom. The molecule has 2 aliphatic rings. The largest absolute Gasteiger partial charge is 0.417 e. The number of nitrogens with zero attached hydrogens (tertiary/aromatic N) is 1. The molecule has 2 heterocycles. The zero-order chi connectivity index (χ0) is 19.2. The predicted molar refractivity (Wildman–Crippen MR) is 93.5 cm³/mol. The van der Waals surface area contributed by atoms with Crippen molar-refractivity contribution in [2.24, 2.45) is 0 Å². The molecule has 0 unspecified atom stereocenters. The molecule has 2 atom stereocenters. The van der Waals surface area contributed by atoms with E-state index in [-0.39, 0.29) is 5.91 Å². The zero-order valence-corrected chi connectivity index (χ0v) is 14.1. The summed E-state index contributed by atoms with van der Waals surface area (Å²) < 4.78 is 39.4. The van der Waals surface area contributed by atoms with Crippen LogP contribution in [0, 0.1) is 0 Å². The minimum absolute atomic E-state index is 0.179. The number of anilines is 2. The van der Waals surface area contributed by atoms with Gasteiger partial charge in [-0.2, -0.15) is 13.2 Å². The van der Waals surface area contributed by atoms with E-state index in [9.17, 15) is 22.8 Å². The number of carbonyl (C=O) groups excluding carboxylic acids is 2. The number of hydrogen-bond acceptors (Lipinski definition) is 3. The Kier molecular flexibility index (Phi) is 4.05. The fourth-order valence-corrected chi connectivity index (χ4v) is 3.69. The molecule has 4 rings (SSSR count). The average molecular weight is 375 g/mol. The summed E-state index contributed by atoms with van der Waals surface area (Å²) in [6.07, 6.45) is -4.28. The first-order valence-electron chi connectivity index (χ1n) is 8.48.